The molecule has 0 aromatic heterocycles. The molecule has 0 aliphatic carbocycles. The Balaban J connectivity index is 1.86. The van der Waals surface area contributed by atoms with E-state index in [0.29, 0.717) is 28.7 Å². The van der Waals surface area contributed by atoms with Crippen molar-refractivity contribution in [2.24, 2.45) is 5.10 Å². The van der Waals surface area contributed by atoms with E-state index in [-0.39, 0.29) is 11.9 Å². The summed E-state index contributed by atoms with van der Waals surface area (Å²) >= 11 is 0. The number of nitrogens with one attached hydrogen (secondary N) is 1. The van der Waals surface area contributed by atoms with Crippen LogP contribution in [0.15, 0.2) is 53.6 Å². The number of amides is 1. The van der Waals surface area contributed by atoms with Crippen LogP contribution in [0.1, 0.15) is 34.0 Å². The van der Waals surface area contributed by atoms with Gasteiger partial charge in [0.25, 0.3) is 5.91 Å². The van der Waals surface area contributed by atoms with Crippen molar-refractivity contribution in [1.29, 1.82) is 0 Å². The van der Waals surface area contributed by atoms with E-state index in [9.17, 15) is 9.59 Å². The first-order valence-electron chi connectivity index (χ1n) is 9.37. The number of cyclic esters (lactones) is 1. The first-order valence-corrected chi connectivity index (χ1v) is 9.37. The van der Waals surface area contributed by atoms with Crippen LogP contribution in [0.25, 0.3) is 0 Å². The number of ether oxygens (including phenoxy) is 2. The topological polar surface area (TPSA) is 77.0 Å². The second-order valence-corrected chi connectivity index (χ2v) is 7.96. The monoisotopic (exact) mass is 396 g/mol. The lowest BCUT2D eigenvalue weighted by Gasteiger charge is -2.22. The number of carbonyl (C=O) groups is 2. The van der Waals surface area contributed by atoms with Crippen molar-refractivity contribution in [3.8, 4) is 5.75 Å². The van der Waals surface area contributed by atoms with E-state index in [1.165, 1.54) is 0 Å². The summed E-state index contributed by atoms with van der Waals surface area (Å²) in [5.41, 5.74) is 5.48. The van der Waals surface area contributed by atoms with Crippen LogP contribution in [0.5, 0.6) is 5.75 Å². The molecule has 1 unspecified atom stereocenters. The van der Waals surface area contributed by atoms with Crippen LogP contribution in [-0.4, -0.2) is 56.9 Å². The third-order valence-electron chi connectivity index (χ3n) is 4.51. The summed E-state index contributed by atoms with van der Waals surface area (Å²) < 4.78 is 11.3. The first-order chi connectivity index (χ1) is 13.8. The fourth-order valence-corrected chi connectivity index (χ4v) is 3.15. The van der Waals surface area contributed by atoms with Gasteiger partial charge in [-0.1, -0.05) is 18.2 Å². The van der Waals surface area contributed by atoms with Gasteiger partial charge in [0.1, 0.15) is 11.9 Å². The lowest BCUT2D eigenvalue weighted by Crippen LogP contribution is -2.43. The number of fused-ring (bicyclic) bond motifs is 1. The van der Waals surface area contributed by atoms with Crippen molar-refractivity contribution in [3.05, 3.63) is 65.2 Å². The second-order valence-electron chi connectivity index (χ2n) is 7.96. The number of hydrogen-bond donors (Lipinski definition) is 1. The molecule has 2 aromatic carbocycles. The summed E-state index contributed by atoms with van der Waals surface area (Å²) in [7, 11) is 7.40. The Labute approximate surface area is 170 Å². The molecule has 1 heterocycles. The highest BCUT2D eigenvalue weighted by Gasteiger charge is 2.31. The molecule has 0 radical (unpaired) electrons. The van der Waals surface area contributed by atoms with Crippen molar-refractivity contribution < 1.29 is 23.5 Å². The lowest BCUT2D eigenvalue weighted by molar-refractivity contribution is -0.862. The van der Waals surface area contributed by atoms with Gasteiger partial charge in [-0.05, 0) is 35.9 Å². The summed E-state index contributed by atoms with van der Waals surface area (Å²) in [6.45, 7) is 0.292. The zero-order valence-electron chi connectivity index (χ0n) is 17.1. The molecule has 0 bridgehead atoms. The number of rotatable bonds is 7. The first kappa shape index (κ1) is 20.5. The molecule has 1 aliphatic heterocycles. The van der Waals surface area contributed by atoms with Crippen molar-refractivity contribution in [2.45, 2.75) is 12.5 Å². The maximum atomic E-state index is 12.2. The minimum atomic E-state index is -0.449. The molecule has 1 aliphatic rings. The average Bonchev–Trinajstić information content (AvgIpc) is 3.00. The van der Waals surface area contributed by atoms with Crippen LogP contribution in [0.4, 0.5) is 0 Å². The number of hydrogen-bond acceptors (Lipinski definition) is 5. The number of quaternary nitrogens is 1. The van der Waals surface area contributed by atoms with Crippen LogP contribution in [0.2, 0.25) is 0 Å². The maximum absolute atomic E-state index is 12.2. The Bertz CT molecular complexity index is 930. The molecule has 0 spiro atoms. The Kier molecular flexibility index (Phi) is 5.98. The largest absolute Gasteiger partial charge is 0.497 e. The standard InChI is InChI=1S/C22H25N3O4/c1-25(2,3)14-21(26)24-23-19(15-9-11-16(28-4)12-10-15)13-20-17-7-5-6-8-18(17)22(27)29-20/h5-12,20H,13-14H2,1-4H3/p+1/b23-19-. The van der Waals surface area contributed by atoms with Crippen molar-refractivity contribution in [1.82, 2.24) is 5.43 Å². The molecule has 7 heteroatoms. The number of hydrazone groups is 1. The number of carbonyl (C=O) groups excluding carboxylic acids is 2. The molecule has 7 nitrogen and oxygen atoms in total. The molecule has 1 amide bonds. The van der Waals surface area contributed by atoms with Gasteiger partial charge in [0, 0.05) is 12.0 Å². The highest BCUT2D eigenvalue weighted by atomic mass is 16.5. The smallest absolute Gasteiger partial charge is 0.339 e. The molecule has 3 rings (SSSR count). The molecular weight excluding hydrogens is 370 g/mol. The fraction of sp³-hybridized carbons (Fsp3) is 0.318. The van der Waals surface area contributed by atoms with E-state index >= 15 is 0 Å². The van der Waals surface area contributed by atoms with Gasteiger partial charge < -0.3 is 14.0 Å². The normalized spacial score (nSPS) is 16.2. The zero-order valence-corrected chi connectivity index (χ0v) is 17.1. The number of esters is 1. The molecule has 1 atom stereocenters. The summed E-state index contributed by atoms with van der Waals surface area (Å²) in [6.07, 6.45) is -0.102. The second kappa shape index (κ2) is 8.45. The lowest BCUT2D eigenvalue weighted by atomic mass is 9.98. The molecule has 2 aromatic rings. The van der Waals surface area contributed by atoms with E-state index < -0.39 is 6.10 Å². The van der Waals surface area contributed by atoms with Gasteiger partial charge in [0.2, 0.25) is 0 Å². The minimum Gasteiger partial charge on any atom is -0.497 e. The maximum Gasteiger partial charge on any atom is 0.339 e. The van der Waals surface area contributed by atoms with Gasteiger partial charge in [0.15, 0.2) is 6.54 Å². The predicted molar refractivity (Wildman–Crippen MR) is 110 cm³/mol. The SMILES string of the molecule is COc1ccc(/C(CC2OC(=O)c3ccccc32)=N\NC(=O)C[N+](C)(C)C)cc1. The van der Waals surface area contributed by atoms with Gasteiger partial charge in [-0.3, -0.25) is 4.79 Å². The van der Waals surface area contributed by atoms with Gasteiger partial charge in [-0.25, -0.2) is 10.2 Å². The van der Waals surface area contributed by atoms with Gasteiger partial charge in [0.05, 0.1) is 39.5 Å². The molecule has 0 saturated heterocycles. The van der Waals surface area contributed by atoms with Crippen molar-refractivity contribution >= 4 is 17.6 Å². The molecular formula is C22H26N3O4+. The fourth-order valence-electron chi connectivity index (χ4n) is 3.15. The number of nitrogens with zero attached hydrogens (tertiary/aromatic N) is 2. The van der Waals surface area contributed by atoms with E-state index in [0.717, 1.165) is 16.9 Å². The number of likely N-dealkylation sites (N-methyl/N-ethyl adjacent to an activating group) is 1. The highest BCUT2D eigenvalue weighted by Crippen LogP contribution is 2.34. The Hall–Kier alpha value is -3.19. The minimum absolute atomic E-state index is 0.188. The third-order valence-corrected chi connectivity index (χ3v) is 4.51. The van der Waals surface area contributed by atoms with Crippen LogP contribution in [-0.2, 0) is 9.53 Å². The van der Waals surface area contributed by atoms with Gasteiger partial charge in [-0.15, -0.1) is 0 Å². The molecule has 29 heavy (non-hydrogen) atoms. The quantitative estimate of drug-likeness (QED) is 0.338. The van der Waals surface area contributed by atoms with Gasteiger partial charge in [-0.2, -0.15) is 5.10 Å². The Morgan fingerprint density at radius 1 is 1.14 bits per heavy atom. The Morgan fingerprint density at radius 3 is 2.48 bits per heavy atom. The summed E-state index contributed by atoms with van der Waals surface area (Å²) in [5.74, 6) is 0.195. The predicted octanol–water partition coefficient (Wildman–Crippen LogP) is 2.52. The van der Waals surface area contributed by atoms with Crippen molar-refractivity contribution in [3.63, 3.8) is 0 Å². The van der Waals surface area contributed by atoms with Crippen LogP contribution in [0, 0.1) is 0 Å². The van der Waals surface area contributed by atoms with E-state index in [1.807, 2.05) is 63.6 Å². The number of methoxy groups -OCH3 is 1. The summed E-state index contributed by atoms with van der Waals surface area (Å²) in [5, 5.41) is 4.37. The summed E-state index contributed by atoms with van der Waals surface area (Å²) in [4.78, 5) is 24.4. The van der Waals surface area contributed by atoms with Crippen LogP contribution in [0.3, 0.4) is 0 Å². The molecule has 152 valence electrons. The zero-order chi connectivity index (χ0) is 21.0. The van der Waals surface area contributed by atoms with Crippen LogP contribution >= 0.6 is 0 Å². The van der Waals surface area contributed by atoms with Crippen molar-refractivity contribution in [2.75, 3.05) is 34.8 Å². The Morgan fingerprint density at radius 2 is 1.83 bits per heavy atom. The molecule has 0 fully saturated rings. The third kappa shape index (κ3) is 5.20. The highest BCUT2D eigenvalue weighted by molar-refractivity contribution is 6.02. The van der Waals surface area contributed by atoms with E-state index in [4.69, 9.17) is 9.47 Å². The molecule has 1 N–H and O–H groups in total. The summed E-state index contributed by atoms with van der Waals surface area (Å²) in [6, 6.07) is 14.7. The average molecular weight is 396 g/mol. The molecule has 0 saturated carbocycles. The van der Waals surface area contributed by atoms with Crippen LogP contribution < -0.4 is 10.2 Å². The van der Waals surface area contributed by atoms with Gasteiger partial charge >= 0.3 is 5.97 Å². The van der Waals surface area contributed by atoms with E-state index in [1.54, 1.807) is 13.2 Å². The number of benzene rings is 2. The van der Waals surface area contributed by atoms with E-state index in [2.05, 4.69) is 10.5 Å².